The van der Waals surface area contributed by atoms with Crippen molar-refractivity contribution in [3.8, 4) is 0 Å². The van der Waals surface area contributed by atoms with Gasteiger partial charge in [-0.25, -0.2) is 8.78 Å². The van der Waals surface area contributed by atoms with Crippen LogP contribution in [0.2, 0.25) is 0 Å². The Kier molecular flexibility index (Phi) is 3.84. The summed E-state index contributed by atoms with van der Waals surface area (Å²) in [4.78, 5) is 0. The maximum absolute atomic E-state index is 13.6. The van der Waals surface area contributed by atoms with Crippen LogP contribution in [-0.4, -0.2) is 0 Å². The molecule has 19 heavy (non-hydrogen) atoms. The van der Waals surface area contributed by atoms with E-state index in [4.69, 9.17) is 0 Å². The average Bonchev–Trinajstić information content (AvgIpc) is 2.34. The Hall–Kier alpha value is -1.90. The number of rotatable bonds is 3. The molecule has 1 N–H and O–H groups in total. The largest absolute Gasteiger partial charge is 0.376 e. The summed E-state index contributed by atoms with van der Waals surface area (Å²) in [5, 5.41) is 3.01. The van der Waals surface area contributed by atoms with Gasteiger partial charge in [0.05, 0.1) is 5.69 Å². The Bertz CT molecular complexity index is 593. The minimum absolute atomic E-state index is 0.0862. The zero-order valence-corrected chi connectivity index (χ0v) is 11.3. The van der Waals surface area contributed by atoms with Crippen LogP contribution in [0, 0.1) is 25.5 Å². The normalized spacial score (nSPS) is 12.3. The molecule has 3 heteroatoms. The molecule has 0 saturated carbocycles. The highest BCUT2D eigenvalue weighted by atomic mass is 19.2. The van der Waals surface area contributed by atoms with Gasteiger partial charge in [0.25, 0.3) is 0 Å². The first-order chi connectivity index (χ1) is 8.99. The zero-order valence-electron chi connectivity index (χ0n) is 11.3. The van der Waals surface area contributed by atoms with E-state index in [1.54, 1.807) is 6.07 Å². The summed E-state index contributed by atoms with van der Waals surface area (Å²) < 4.78 is 26.8. The molecule has 0 saturated heterocycles. The van der Waals surface area contributed by atoms with E-state index in [-0.39, 0.29) is 11.7 Å². The SMILES string of the molecule is Cc1ccc(C(C)Nc2cccc(F)c2F)c(C)c1. The molecule has 1 atom stereocenters. The van der Waals surface area contributed by atoms with Gasteiger partial charge in [-0.1, -0.05) is 29.8 Å². The van der Waals surface area contributed by atoms with Crippen molar-refractivity contribution in [3.63, 3.8) is 0 Å². The van der Waals surface area contributed by atoms with Crippen LogP contribution in [0.5, 0.6) is 0 Å². The van der Waals surface area contributed by atoms with Gasteiger partial charge in [0.2, 0.25) is 0 Å². The van der Waals surface area contributed by atoms with Crippen LogP contribution in [0.15, 0.2) is 36.4 Å². The molecule has 0 radical (unpaired) electrons. The van der Waals surface area contributed by atoms with E-state index in [2.05, 4.69) is 11.4 Å². The van der Waals surface area contributed by atoms with E-state index in [0.717, 1.165) is 17.2 Å². The van der Waals surface area contributed by atoms with E-state index >= 15 is 0 Å². The number of benzene rings is 2. The molecule has 2 aromatic rings. The number of aryl methyl sites for hydroxylation is 2. The number of anilines is 1. The first-order valence-corrected chi connectivity index (χ1v) is 6.26. The fraction of sp³-hybridized carbons (Fsp3) is 0.250. The van der Waals surface area contributed by atoms with Crippen molar-refractivity contribution in [3.05, 3.63) is 64.7 Å². The third-order valence-corrected chi connectivity index (χ3v) is 3.22. The quantitative estimate of drug-likeness (QED) is 0.840. The summed E-state index contributed by atoms with van der Waals surface area (Å²) in [6.07, 6.45) is 0. The molecule has 0 aliphatic heterocycles. The molecule has 1 unspecified atom stereocenters. The molecule has 0 heterocycles. The first-order valence-electron chi connectivity index (χ1n) is 6.26. The highest BCUT2D eigenvalue weighted by Crippen LogP contribution is 2.25. The molecule has 2 aromatic carbocycles. The van der Waals surface area contributed by atoms with Crippen molar-refractivity contribution < 1.29 is 8.78 Å². The summed E-state index contributed by atoms with van der Waals surface area (Å²) in [5.41, 5.74) is 3.59. The van der Waals surface area contributed by atoms with Gasteiger partial charge >= 0.3 is 0 Å². The predicted octanol–water partition coefficient (Wildman–Crippen LogP) is 4.75. The lowest BCUT2D eigenvalue weighted by molar-refractivity contribution is 0.510. The summed E-state index contributed by atoms with van der Waals surface area (Å²) in [6.45, 7) is 5.98. The van der Waals surface area contributed by atoms with Crippen LogP contribution in [0.1, 0.15) is 29.7 Å². The van der Waals surface area contributed by atoms with Crippen molar-refractivity contribution in [1.82, 2.24) is 0 Å². The molecule has 0 spiro atoms. The van der Waals surface area contributed by atoms with Crippen LogP contribution >= 0.6 is 0 Å². The number of halogens is 2. The molecule has 0 fully saturated rings. The average molecular weight is 261 g/mol. The topological polar surface area (TPSA) is 12.0 Å². The Morgan fingerprint density at radius 3 is 2.47 bits per heavy atom. The maximum Gasteiger partial charge on any atom is 0.181 e. The number of nitrogens with one attached hydrogen (secondary N) is 1. The number of hydrogen-bond acceptors (Lipinski definition) is 1. The molecule has 2 rings (SSSR count). The molecular weight excluding hydrogens is 244 g/mol. The summed E-state index contributed by atoms with van der Waals surface area (Å²) >= 11 is 0. The lowest BCUT2D eigenvalue weighted by Gasteiger charge is -2.18. The highest BCUT2D eigenvalue weighted by molar-refractivity contribution is 5.48. The van der Waals surface area contributed by atoms with Gasteiger partial charge in [0.1, 0.15) is 0 Å². The second kappa shape index (κ2) is 5.39. The van der Waals surface area contributed by atoms with Crippen molar-refractivity contribution >= 4 is 5.69 Å². The Morgan fingerprint density at radius 2 is 1.79 bits per heavy atom. The van der Waals surface area contributed by atoms with E-state index in [1.165, 1.54) is 11.6 Å². The first kappa shape index (κ1) is 13.5. The summed E-state index contributed by atoms with van der Waals surface area (Å²) in [5.74, 6) is -1.67. The minimum atomic E-state index is -0.835. The lowest BCUT2D eigenvalue weighted by Crippen LogP contribution is -2.10. The van der Waals surface area contributed by atoms with E-state index in [1.807, 2.05) is 32.9 Å². The summed E-state index contributed by atoms with van der Waals surface area (Å²) in [6, 6.07) is 10.2. The van der Waals surface area contributed by atoms with Gasteiger partial charge in [0, 0.05) is 6.04 Å². The lowest BCUT2D eigenvalue weighted by atomic mass is 10.00. The molecule has 0 amide bonds. The Balaban J connectivity index is 2.25. The van der Waals surface area contributed by atoms with E-state index in [9.17, 15) is 8.78 Å². The highest BCUT2D eigenvalue weighted by Gasteiger charge is 2.12. The van der Waals surface area contributed by atoms with Crippen LogP contribution < -0.4 is 5.32 Å². The molecule has 0 aromatic heterocycles. The molecule has 1 nitrogen and oxygen atoms in total. The second-order valence-electron chi connectivity index (χ2n) is 4.83. The van der Waals surface area contributed by atoms with Gasteiger partial charge in [-0.3, -0.25) is 0 Å². The Morgan fingerprint density at radius 1 is 1.05 bits per heavy atom. The fourth-order valence-corrected chi connectivity index (χ4v) is 2.24. The molecular formula is C16H17F2N. The molecule has 100 valence electrons. The smallest absolute Gasteiger partial charge is 0.181 e. The van der Waals surface area contributed by atoms with Gasteiger partial charge in [-0.15, -0.1) is 0 Å². The van der Waals surface area contributed by atoms with Crippen LogP contribution in [0.4, 0.5) is 14.5 Å². The standard InChI is InChI=1S/C16H17F2N/c1-10-7-8-13(11(2)9-10)12(3)19-15-6-4-5-14(17)16(15)18/h4-9,12,19H,1-3H3. The van der Waals surface area contributed by atoms with Crippen molar-refractivity contribution in [1.29, 1.82) is 0 Å². The maximum atomic E-state index is 13.6. The van der Waals surface area contributed by atoms with Gasteiger partial charge < -0.3 is 5.32 Å². The van der Waals surface area contributed by atoms with Gasteiger partial charge in [0.15, 0.2) is 11.6 Å². The van der Waals surface area contributed by atoms with E-state index < -0.39 is 11.6 Å². The minimum Gasteiger partial charge on any atom is -0.376 e. The molecule has 0 aliphatic carbocycles. The van der Waals surface area contributed by atoms with Crippen molar-refractivity contribution in [2.75, 3.05) is 5.32 Å². The van der Waals surface area contributed by atoms with Gasteiger partial charge in [-0.05, 0) is 44.0 Å². The van der Waals surface area contributed by atoms with Crippen molar-refractivity contribution in [2.24, 2.45) is 0 Å². The summed E-state index contributed by atoms with van der Waals surface area (Å²) in [7, 11) is 0. The van der Waals surface area contributed by atoms with E-state index in [0.29, 0.717) is 0 Å². The van der Waals surface area contributed by atoms with Gasteiger partial charge in [-0.2, -0.15) is 0 Å². The monoisotopic (exact) mass is 261 g/mol. The molecule has 0 aliphatic rings. The van der Waals surface area contributed by atoms with Crippen LogP contribution in [0.3, 0.4) is 0 Å². The second-order valence-corrected chi connectivity index (χ2v) is 4.83. The zero-order chi connectivity index (χ0) is 14.0. The Labute approximate surface area is 112 Å². The number of hydrogen-bond donors (Lipinski definition) is 1. The third-order valence-electron chi connectivity index (χ3n) is 3.22. The predicted molar refractivity (Wildman–Crippen MR) is 74.3 cm³/mol. The van der Waals surface area contributed by atoms with Crippen LogP contribution in [0.25, 0.3) is 0 Å². The fourth-order valence-electron chi connectivity index (χ4n) is 2.24. The van der Waals surface area contributed by atoms with Crippen LogP contribution in [-0.2, 0) is 0 Å². The third kappa shape index (κ3) is 2.92. The van der Waals surface area contributed by atoms with Crippen molar-refractivity contribution in [2.45, 2.75) is 26.8 Å². The molecule has 0 bridgehead atoms.